The number of nitrogens with zero attached hydrogens (tertiary/aromatic N) is 1. The van der Waals surface area contributed by atoms with Crippen LogP contribution in [0.5, 0.6) is 0 Å². The van der Waals surface area contributed by atoms with Crippen molar-refractivity contribution >= 4 is 11.3 Å². The molecule has 3 aromatic rings. The molecule has 2 aliphatic rings. The highest BCUT2D eigenvalue weighted by Gasteiger charge is 2.28. The van der Waals surface area contributed by atoms with Gasteiger partial charge in [-0.25, -0.2) is 0 Å². The summed E-state index contributed by atoms with van der Waals surface area (Å²) in [5, 5.41) is 5.29. The van der Waals surface area contributed by atoms with Crippen LogP contribution in [0.4, 0.5) is 0 Å². The van der Waals surface area contributed by atoms with Crippen LogP contribution in [0.3, 0.4) is 0 Å². The number of nitrogens with one attached hydrogen (secondary N) is 1. The molecule has 24 heavy (non-hydrogen) atoms. The molecule has 0 unspecified atom stereocenters. The summed E-state index contributed by atoms with van der Waals surface area (Å²) in [4.78, 5) is 1.63. The molecule has 0 amide bonds. The minimum absolute atomic E-state index is 0.263. The monoisotopic (exact) mass is 334 g/mol. The van der Waals surface area contributed by atoms with Crippen LogP contribution in [-0.2, 0) is 19.4 Å². The Balaban J connectivity index is 1.65. The Morgan fingerprint density at radius 1 is 1.08 bits per heavy atom. The topological polar surface area (TPSA) is 17.0 Å². The zero-order valence-electron chi connectivity index (χ0n) is 14.0. The van der Waals surface area contributed by atoms with Gasteiger partial charge in [0.2, 0.25) is 0 Å². The molecule has 1 aliphatic heterocycles. The lowest BCUT2D eigenvalue weighted by molar-refractivity contribution is 0.594. The van der Waals surface area contributed by atoms with Gasteiger partial charge in [-0.2, -0.15) is 0 Å². The average molecular weight is 334 g/mol. The van der Waals surface area contributed by atoms with Gasteiger partial charge in [-0.15, -0.1) is 11.3 Å². The molecule has 0 fully saturated rings. The van der Waals surface area contributed by atoms with E-state index in [1.165, 1.54) is 47.5 Å². The number of aromatic nitrogens is 1. The summed E-state index contributed by atoms with van der Waals surface area (Å²) in [6, 6.07) is 13.6. The fourth-order valence-electron chi connectivity index (χ4n) is 4.26. The fourth-order valence-corrected chi connectivity index (χ4v) is 5.67. The molecule has 0 radical (unpaired) electrons. The number of fused-ring (bicyclic) bond motifs is 5. The third-order valence-corrected chi connectivity index (χ3v) is 6.75. The standard InChI is InChI=1S/C21H22N2S/c1-14-6-4-7-15(12-14)20-18-9-5-11-23(18)21-17(13-22-20)16-8-2-3-10-19(16)24-21/h4-7,9,11-12,20,22H,2-3,8,10,13H2,1H3/t20-/m0/s1. The Hall–Kier alpha value is -1.84. The second-order valence-corrected chi connectivity index (χ2v) is 8.11. The van der Waals surface area contributed by atoms with Crippen molar-refractivity contribution in [2.75, 3.05) is 0 Å². The van der Waals surface area contributed by atoms with Crippen molar-refractivity contribution in [3.05, 3.63) is 75.4 Å². The predicted octanol–water partition coefficient (Wildman–Crippen LogP) is 4.92. The fraction of sp³-hybridized carbons (Fsp3) is 0.333. The van der Waals surface area contributed by atoms with Crippen LogP contribution in [0.2, 0.25) is 0 Å². The van der Waals surface area contributed by atoms with E-state index in [1.54, 1.807) is 16.0 Å². The molecule has 1 atom stereocenters. The van der Waals surface area contributed by atoms with Crippen molar-refractivity contribution in [1.82, 2.24) is 9.88 Å². The smallest absolute Gasteiger partial charge is 0.104 e. The van der Waals surface area contributed by atoms with Gasteiger partial charge in [0.05, 0.1) is 6.04 Å². The molecule has 122 valence electrons. The molecule has 3 heteroatoms. The van der Waals surface area contributed by atoms with Crippen LogP contribution >= 0.6 is 11.3 Å². The Labute approximate surface area is 147 Å². The number of benzene rings is 1. The van der Waals surface area contributed by atoms with Crippen LogP contribution in [0.25, 0.3) is 5.00 Å². The molecule has 0 bridgehead atoms. The van der Waals surface area contributed by atoms with E-state index in [9.17, 15) is 0 Å². The summed E-state index contributed by atoms with van der Waals surface area (Å²) in [7, 11) is 0. The average Bonchev–Trinajstić information content (AvgIpc) is 3.17. The summed E-state index contributed by atoms with van der Waals surface area (Å²) >= 11 is 2.02. The summed E-state index contributed by atoms with van der Waals surface area (Å²) in [6.07, 6.45) is 7.46. The molecule has 1 aromatic carbocycles. The molecule has 2 aromatic heterocycles. The van der Waals surface area contributed by atoms with Gasteiger partial charge in [0.1, 0.15) is 5.00 Å². The summed E-state index contributed by atoms with van der Waals surface area (Å²) < 4.78 is 2.44. The molecule has 1 N–H and O–H groups in total. The van der Waals surface area contributed by atoms with E-state index in [1.807, 2.05) is 11.3 Å². The van der Waals surface area contributed by atoms with E-state index in [-0.39, 0.29) is 6.04 Å². The van der Waals surface area contributed by atoms with Gasteiger partial charge in [0.15, 0.2) is 0 Å². The van der Waals surface area contributed by atoms with Crippen molar-refractivity contribution < 1.29 is 0 Å². The van der Waals surface area contributed by atoms with Gasteiger partial charge >= 0.3 is 0 Å². The molecule has 2 nitrogen and oxygen atoms in total. The lowest BCUT2D eigenvalue weighted by Gasteiger charge is -2.19. The molecule has 5 rings (SSSR count). The maximum absolute atomic E-state index is 3.85. The summed E-state index contributed by atoms with van der Waals surface area (Å²) in [5.74, 6) is 0. The lowest BCUT2D eigenvalue weighted by atomic mass is 9.95. The zero-order valence-corrected chi connectivity index (χ0v) is 14.8. The predicted molar refractivity (Wildman–Crippen MR) is 100 cm³/mol. The Morgan fingerprint density at radius 2 is 2.00 bits per heavy atom. The SMILES string of the molecule is Cc1cccc([C@@H]2NCc3c(sc4c3CCCC4)-n3cccc32)c1. The molecular weight excluding hydrogens is 312 g/mol. The minimum atomic E-state index is 0.263. The molecular formula is C21H22N2S. The second-order valence-electron chi connectivity index (χ2n) is 7.03. The number of thiophene rings is 1. The van der Waals surface area contributed by atoms with Gasteiger partial charge in [0, 0.05) is 28.9 Å². The Morgan fingerprint density at radius 3 is 2.92 bits per heavy atom. The van der Waals surface area contributed by atoms with E-state index in [0.717, 1.165) is 6.54 Å². The first-order valence-electron chi connectivity index (χ1n) is 8.92. The van der Waals surface area contributed by atoms with E-state index < -0.39 is 0 Å². The van der Waals surface area contributed by atoms with E-state index in [0.29, 0.717) is 0 Å². The highest BCUT2D eigenvalue weighted by atomic mass is 32.1. The van der Waals surface area contributed by atoms with Gasteiger partial charge in [-0.3, -0.25) is 0 Å². The summed E-state index contributed by atoms with van der Waals surface area (Å²) in [6.45, 7) is 3.15. The van der Waals surface area contributed by atoms with Crippen LogP contribution in [0, 0.1) is 6.92 Å². The van der Waals surface area contributed by atoms with E-state index in [2.05, 4.69) is 59.4 Å². The normalized spacial score (nSPS) is 19.3. The first-order chi connectivity index (χ1) is 11.8. The van der Waals surface area contributed by atoms with Gasteiger partial charge in [0.25, 0.3) is 0 Å². The van der Waals surface area contributed by atoms with Gasteiger partial charge in [-0.1, -0.05) is 29.8 Å². The van der Waals surface area contributed by atoms with E-state index in [4.69, 9.17) is 0 Å². The van der Waals surface area contributed by atoms with E-state index >= 15 is 0 Å². The largest absolute Gasteiger partial charge is 0.310 e. The second kappa shape index (κ2) is 5.61. The number of hydrogen-bond donors (Lipinski definition) is 1. The first-order valence-corrected chi connectivity index (χ1v) is 9.74. The zero-order chi connectivity index (χ0) is 16.1. The van der Waals surface area contributed by atoms with Crippen LogP contribution in [-0.4, -0.2) is 4.57 Å². The molecule has 0 spiro atoms. The van der Waals surface area contributed by atoms with Crippen molar-refractivity contribution in [3.8, 4) is 5.00 Å². The maximum atomic E-state index is 3.85. The van der Waals surface area contributed by atoms with Gasteiger partial charge in [-0.05, 0) is 55.9 Å². The minimum Gasteiger partial charge on any atom is -0.310 e. The quantitative estimate of drug-likeness (QED) is 0.668. The Kier molecular flexibility index (Phi) is 3.39. The van der Waals surface area contributed by atoms with Crippen LogP contribution in [0.15, 0.2) is 42.6 Å². The number of aryl methyl sites for hydroxylation is 2. The van der Waals surface area contributed by atoms with Gasteiger partial charge < -0.3 is 9.88 Å². The first kappa shape index (κ1) is 14.5. The molecule has 1 aliphatic carbocycles. The van der Waals surface area contributed by atoms with Crippen LogP contribution < -0.4 is 5.32 Å². The molecule has 3 heterocycles. The highest BCUT2D eigenvalue weighted by Crippen LogP contribution is 2.40. The Bertz CT molecular complexity index is 902. The molecule has 0 saturated carbocycles. The molecule has 0 saturated heterocycles. The van der Waals surface area contributed by atoms with Crippen molar-refractivity contribution in [1.29, 1.82) is 0 Å². The van der Waals surface area contributed by atoms with Crippen LogP contribution in [0.1, 0.15) is 51.7 Å². The third kappa shape index (κ3) is 2.19. The van der Waals surface area contributed by atoms with Crippen molar-refractivity contribution in [2.45, 2.75) is 45.2 Å². The van der Waals surface area contributed by atoms with Crippen molar-refractivity contribution in [2.24, 2.45) is 0 Å². The summed E-state index contributed by atoms with van der Waals surface area (Å²) in [5.41, 5.74) is 7.22. The lowest BCUT2D eigenvalue weighted by Crippen LogP contribution is -2.22. The third-order valence-electron chi connectivity index (χ3n) is 5.41. The highest BCUT2D eigenvalue weighted by molar-refractivity contribution is 7.15. The maximum Gasteiger partial charge on any atom is 0.104 e. The number of rotatable bonds is 1. The number of hydrogen-bond acceptors (Lipinski definition) is 2. The van der Waals surface area contributed by atoms with Crippen molar-refractivity contribution in [3.63, 3.8) is 0 Å².